The largest absolute Gasteiger partial charge is 0.504 e. The van der Waals surface area contributed by atoms with Crippen molar-refractivity contribution in [2.24, 2.45) is 0 Å². The molecule has 0 bridgehead atoms. The summed E-state index contributed by atoms with van der Waals surface area (Å²) in [7, 11) is 0. The molecule has 126 valence electrons. The number of fused-ring (bicyclic) bond motifs is 1. The third-order valence-electron chi connectivity index (χ3n) is 4.33. The van der Waals surface area contributed by atoms with Crippen molar-refractivity contribution in [1.29, 1.82) is 5.26 Å². The third kappa shape index (κ3) is 3.48. The number of anilines is 1. The average molecular weight is 334 g/mol. The van der Waals surface area contributed by atoms with Gasteiger partial charge in [-0.1, -0.05) is 18.2 Å². The maximum atomic E-state index is 12.4. The SMILES string of the molecule is N#CC(=Cc1cc(O)c(O)c2c1CCCC2)C(=O)Nc1ccccc1. The first-order valence-electron chi connectivity index (χ1n) is 8.15. The van der Waals surface area contributed by atoms with E-state index in [1.165, 1.54) is 12.1 Å². The summed E-state index contributed by atoms with van der Waals surface area (Å²) in [4.78, 5) is 12.4. The summed E-state index contributed by atoms with van der Waals surface area (Å²) >= 11 is 0. The van der Waals surface area contributed by atoms with Crippen LogP contribution in [0.4, 0.5) is 5.69 Å². The van der Waals surface area contributed by atoms with E-state index in [-0.39, 0.29) is 17.1 Å². The zero-order valence-electron chi connectivity index (χ0n) is 13.6. The molecule has 0 aliphatic heterocycles. The molecule has 0 atom stereocenters. The first kappa shape index (κ1) is 16.6. The van der Waals surface area contributed by atoms with Crippen molar-refractivity contribution in [2.45, 2.75) is 25.7 Å². The molecule has 0 aromatic heterocycles. The summed E-state index contributed by atoms with van der Waals surface area (Å²) in [5.41, 5.74) is 2.75. The van der Waals surface area contributed by atoms with Crippen molar-refractivity contribution in [3.63, 3.8) is 0 Å². The highest BCUT2D eigenvalue weighted by Crippen LogP contribution is 2.39. The van der Waals surface area contributed by atoms with Crippen LogP contribution in [-0.2, 0) is 17.6 Å². The minimum absolute atomic E-state index is 0.0540. The maximum Gasteiger partial charge on any atom is 0.266 e. The van der Waals surface area contributed by atoms with Crippen LogP contribution in [0, 0.1) is 11.3 Å². The van der Waals surface area contributed by atoms with E-state index in [1.54, 1.807) is 24.3 Å². The number of phenolic OH excluding ortho intramolecular Hbond substituents is 2. The standard InChI is InChI=1S/C20H18N2O3/c21-12-14(20(25)22-15-6-2-1-3-7-15)10-13-11-18(23)19(24)17-9-5-4-8-16(13)17/h1-3,6-7,10-11,23-24H,4-5,8-9H2,(H,22,25). The number of hydrogen-bond donors (Lipinski definition) is 3. The van der Waals surface area contributed by atoms with E-state index in [1.807, 2.05) is 12.1 Å². The quantitative estimate of drug-likeness (QED) is 0.455. The van der Waals surface area contributed by atoms with Gasteiger partial charge in [-0.3, -0.25) is 4.79 Å². The number of aromatic hydroxyl groups is 2. The van der Waals surface area contributed by atoms with Crippen molar-refractivity contribution in [3.05, 3.63) is 58.7 Å². The number of nitrogens with one attached hydrogen (secondary N) is 1. The first-order chi connectivity index (χ1) is 12.1. The van der Waals surface area contributed by atoms with E-state index in [0.717, 1.165) is 24.8 Å². The van der Waals surface area contributed by atoms with Gasteiger partial charge in [0.1, 0.15) is 11.6 Å². The van der Waals surface area contributed by atoms with Gasteiger partial charge in [-0.05, 0) is 61.1 Å². The molecular weight excluding hydrogens is 316 g/mol. The number of phenols is 2. The molecule has 0 heterocycles. The lowest BCUT2D eigenvalue weighted by Crippen LogP contribution is -2.13. The van der Waals surface area contributed by atoms with Crippen molar-refractivity contribution < 1.29 is 15.0 Å². The number of carbonyl (C=O) groups excluding carboxylic acids is 1. The second-order valence-corrected chi connectivity index (χ2v) is 5.99. The van der Waals surface area contributed by atoms with Crippen LogP contribution < -0.4 is 5.32 Å². The zero-order chi connectivity index (χ0) is 17.8. The molecule has 0 unspecified atom stereocenters. The lowest BCUT2D eigenvalue weighted by atomic mass is 9.86. The lowest BCUT2D eigenvalue weighted by Gasteiger charge is -2.20. The molecule has 5 heteroatoms. The molecule has 0 spiro atoms. The van der Waals surface area contributed by atoms with Gasteiger partial charge in [0.15, 0.2) is 11.5 Å². The Labute approximate surface area is 145 Å². The molecule has 1 aliphatic rings. The molecular formula is C20H18N2O3. The second kappa shape index (κ2) is 7.10. The van der Waals surface area contributed by atoms with E-state index >= 15 is 0 Å². The van der Waals surface area contributed by atoms with E-state index in [0.29, 0.717) is 23.2 Å². The van der Waals surface area contributed by atoms with Gasteiger partial charge in [-0.2, -0.15) is 5.26 Å². The zero-order valence-corrected chi connectivity index (χ0v) is 13.6. The summed E-state index contributed by atoms with van der Waals surface area (Å²) in [5, 5.41) is 32.1. The lowest BCUT2D eigenvalue weighted by molar-refractivity contribution is -0.112. The van der Waals surface area contributed by atoms with Crippen LogP contribution in [0.3, 0.4) is 0 Å². The Morgan fingerprint density at radius 1 is 1.12 bits per heavy atom. The van der Waals surface area contributed by atoms with Crippen LogP contribution in [0.15, 0.2) is 42.0 Å². The van der Waals surface area contributed by atoms with Crippen molar-refractivity contribution in [2.75, 3.05) is 5.32 Å². The fourth-order valence-corrected chi connectivity index (χ4v) is 3.10. The Morgan fingerprint density at radius 3 is 2.48 bits per heavy atom. The number of hydrogen-bond acceptors (Lipinski definition) is 4. The van der Waals surface area contributed by atoms with Crippen LogP contribution in [0.25, 0.3) is 6.08 Å². The molecule has 25 heavy (non-hydrogen) atoms. The predicted octanol–water partition coefficient (Wildman–Crippen LogP) is 3.52. The first-order valence-corrected chi connectivity index (χ1v) is 8.15. The molecule has 2 aromatic rings. The number of para-hydroxylation sites is 1. The van der Waals surface area contributed by atoms with Gasteiger partial charge in [-0.25, -0.2) is 0 Å². The average Bonchev–Trinajstić information content (AvgIpc) is 2.64. The normalized spacial score (nSPS) is 13.6. The molecule has 1 amide bonds. The highest BCUT2D eigenvalue weighted by atomic mass is 16.3. The molecule has 0 saturated carbocycles. The fourth-order valence-electron chi connectivity index (χ4n) is 3.10. The van der Waals surface area contributed by atoms with Crippen molar-refractivity contribution >= 4 is 17.7 Å². The molecule has 1 aliphatic carbocycles. The molecule has 0 radical (unpaired) electrons. The third-order valence-corrected chi connectivity index (χ3v) is 4.33. The molecule has 0 saturated heterocycles. The summed E-state index contributed by atoms with van der Waals surface area (Å²) < 4.78 is 0. The summed E-state index contributed by atoms with van der Waals surface area (Å²) in [6.45, 7) is 0. The van der Waals surface area contributed by atoms with Gasteiger partial charge in [0.05, 0.1) is 0 Å². The van der Waals surface area contributed by atoms with Gasteiger partial charge < -0.3 is 15.5 Å². The van der Waals surface area contributed by atoms with Crippen LogP contribution in [0.1, 0.15) is 29.5 Å². The number of amides is 1. The smallest absolute Gasteiger partial charge is 0.266 e. The maximum absolute atomic E-state index is 12.4. The van der Waals surface area contributed by atoms with Gasteiger partial charge in [0.25, 0.3) is 5.91 Å². The van der Waals surface area contributed by atoms with Crippen LogP contribution in [-0.4, -0.2) is 16.1 Å². The Kier molecular flexibility index (Phi) is 4.71. The highest BCUT2D eigenvalue weighted by molar-refractivity contribution is 6.09. The van der Waals surface area contributed by atoms with Crippen LogP contribution in [0.2, 0.25) is 0 Å². The fraction of sp³-hybridized carbons (Fsp3) is 0.200. The Morgan fingerprint density at radius 2 is 1.80 bits per heavy atom. The van der Waals surface area contributed by atoms with Gasteiger partial charge >= 0.3 is 0 Å². The van der Waals surface area contributed by atoms with Gasteiger partial charge in [-0.15, -0.1) is 0 Å². The Balaban J connectivity index is 1.96. The van der Waals surface area contributed by atoms with Crippen LogP contribution >= 0.6 is 0 Å². The number of benzene rings is 2. The van der Waals surface area contributed by atoms with Crippen molar-refractivity contribution in [1.82, 2.24) is 0 Å². The monoisotopic (exact) mass is 334 g/mol. The number of carbonyl (C=O) groups is 1. The Hall–Kier alpha value is -3.26. The topological polar surface area (TPSA) is 93.3 Å². The molecule has 5 nitrogen and oxygen atoms in total. The molecule has 3 rings (SSSR count). The van der Waals surface area contributed by atoms with E-state index in [2.05, 4.69) is 5.32 Å². The van der Waals surface area contributed by atoms with Gasteiger partial charge in [0, 0.05) is 11.3 Å². The van der Waals surface area contributed by atoms with E-state index in [9.17, 15) is 20.3 Å². The summed E-state index contributed by atoms with van der Waals surface area (Å²) in [6.07, 6.45) is 4.80. The van der Waals surface area contributed by atoms with Gasteiger partial charge in [0.2, 0.25) is 0 Å². The highest BCUT2D eigenvalue weighted by Gasteiger charge is 2.20. The minimum Gasteiger partial charge on any atom is -0.504 e. The molecule has 2 aromatic carbocycles. The van der Waals surface area contributed by atoms with Crippen LogP contribution in [0.5, 0.6) is 11.5 Å². The summed E-state index contributed by atoms with van der Waals surface area (Å²) in [5.74, 6) is -0.836. The molecule has 3 N–H and O–H groups in total. The van der Waals surface area contributed by atoms with Crippen molar-refractivity contribution in [3.8, 4) is 17.6 Å². The minimum atomic E-state index is -0.508. The number of nitrogens with zero attached hydrogens (tertiary/aromatic N) is 1. The predicted molar refractivity (Wildman–Crippen MR) is 95.1 cm³/mol. The number of rotatable bonds is 3. The number of nitriles is 1. The van der Waals surface area contributed by atoms with E-state index in [4.69, 9.17) is 0 Å². The Bertz CT molecular complexity index is 880. The second-order valence-electron chi connectivity index (χ2n) is 5.99. The van der Waals surface area contributed by atoms with E-state index < -0.39 is 5.91 Å². The summed E-state index contributed by atoms with van der Waals surface area (Å²) in [6, 6.07) is 12.2. The molecule has 0 fully saturated rings.